The summed E-state index contributed by atoms with van der Waals surface area (Å²) in [4.78, 5) is 0. The van der Waals surface area contributed by atoms with Crippen molar-refractivity contribution in [2.45, 2.75) is 12.0 Å². The summed E-state index contributed by atoms with van der Waals surface area (Å²) >= 11 is 0. The van der Waals surface area contributed by atoms with Gasteiger partial charge in [-0.2, -0.15) is 0 Å². The standard InChI is InChI=1S/C7H12O3/c1-3-7(10,5-8)4-6(2)9/h3,8-10H,1-2,4-5H2. The molecule has 58 valence electrons. The lowest BCUT2D eigenvalue weighted by atomic mass is 10.0. The third kappa shape index (κ3) is 2.66. The van der Waals surface area contributed by atoms with Crippen molar-refractivity contribution < 1.29 is 15.3 Å². The van der Waals surface area contributed by atoms with Crippen molar-refractivity contribution in [3.63, 3.8) is 0 Å². The lowest BCUT2D eigenvalue weighted by molar-refractivity contribution is 0.0206. The Morgan fingerprint density at radius 3 is 2.20 bits per heavy atom. The molecule has 0 aromatic rings. The Bertz CT molecular complexity index is 142. The van der Waals surface area contributed by atoms with Gasteiger partial charge in [0.15, 0.2) is 0 Å². The third-order valence-electron chi connectivity index (χ3n) is 1.16. The van der Waals surface area contributed by atoms with Crippen molar-refractivity contribution in [3.05, 3.63) is 25.0 Å². The monoisotopic (exact) mass is 144 g/mol. The van der Waals surface area contributed by atoms with Crippen LogP contribution in [0.1, 0.15) is 6.42 Å². The van der Waals surface area contributed by atoms with Crippen molar-refractivity contribution >= 4 is 0 Å². The summed E-state index contributed by atoms with van der Waals surface area (Å²) < 4.78 is 0. The Balaban J connectivity index is 4.05. The lowest BCUT2D eigenvalue weighted by Crippen LogP contribution is -2.30. The highest BCUT2D eigenvalue weighted by atomic mass is 16.3. The molecule has 0 aliphatic heterocycles. The van der Waals surface area contributed by atoms with E-state index in [-0.39, 0.29) is 12.2 Å². The molecule has 3 nitrogen and oxygen atoms in total. The second-order valence-electron chi connectivity index (χ2n) is 2.21. The first-order chi connectivity index (χ1) is 4.54. The summed E-state index contributed by atoms with van der Waals surface area (Å²) in [7, 11) is 0. The van der Waals surface area contributed by atoms with Crippen LogP contribution in [0.4, 0.5) is 0 Å². The van der Waals surface area contributed by atoms with Crippen LogP contribution in [0.3, 0.4) is 0 Å². The van der Waals surface area contributed by atoms with E-state index in [2.05, 4.69) is 13.2 Å². The minimum absolute atomic E-state index is 0.0764. The van der Waals surface area contributed by atoms with Crippen LogP contribution in [0.2, 0.25) is 0 Å². The van der Waals surface area contributed by atoms with Gasteiger partial charge in [-0.05, 0) is 0 Å². The molecule has 1 unspecified atom stereocenters. The summed E-state index contributed by atoms with van der Waals surface area (Å²) in [5.41, 5.74) is -1.42. The zero-order valence-electron chi connectivity index (χ0n) is 5.75. The van der Waals surface area contributed by atoms with E-state index < -0.39 is 12.2 Å². The molecule has 0 saturated carbocycles. The molecule has 0 heterocycles. The molecule has 3 heteroatoms. The molecule has 0 radical (unpaired) electrons. The summed E-state index contributed by atoms with van der Waals surface area (Å²) in [5, 5.41) is 26.4. The molecule has 0 aromatic heterocycles. The summed E-state index contributed by atoms with van der Waals surface area (Å²) in [5.74, 6) is -0.170. The smallest absolute Gasteiger partial charge is 0.112 e. The average Bonchev–Trinajstić information content (AvgIpc) is 1.87. The van der Waals surface area contributed by atoms with Gasteiger partial charge in [-0.15, -0.1) is 6.58 Å². The van der Waals surface area contributed by atoms with Gasteiger partial charge in [0.25, 0.3) is 0 Å². The van der Waals surface area contributed by atoms with Gasteiger partial charge in [0, 0.05) is 6.42 Å². The Hall–Kier alpha value is -0.800. The Labute approximate surface area is 59.9 Å². The topological polar surface area (TPSA) is 60.7 Å². The number of hydrogen-bond donors (Lipinski definition) is 3. The molecular formula is C7H12O3. The third-order valence-corrected chi connectivity index (χ3v) is 1.16. The molecule has 0 aliphatic rings. The van der Waals surface area contributed by atoms with Gasteiger partial charge < -0.3 is 15.3 Å². The van der Waals surface area contributed by atoms with Crippen LogP contribution < -0.4 is 0 Å². The predicted octanol–water partition coefficient (Wildman–Crippen LogP) is 0.358. The van der Waals surface area contributed by atoms with E-state index in [1.807, 2.05) is 0 Å². The van der Waals surface area contributed by atoms with Crippen molar-refractivity contribution in [1.29, 1.82) is 0 Å². The molecule has 1 atom stereocenters. The molecular weight excluding hydrogens is 132 g/mol. The SMILES string of the molecule is C=CC(O)(CO)CC(=C)O. The Morgan fingerprint density at radius 1 is 1.60 bits per heavy atom. The summed E-state index contributed by atoms with van der Waals surface area (Å²) in [6.45, 7) is 6.00. The van der Waals surface area contributed by atoms with E-state index in [1.54, 1.807) is 0 Å². The van der Waals surface area contributed by atoms with Crippen molar-refractivity contribution in [2.24, 2.45) is 0 Å². The number of rotatable bonds is 4. The molecule has 0 aliphatic carbocycles. The highest BCUT2D eigenvalue weighted by Gasteiger charge is 2.22. The van der Waals surface area contributed by atoms with E-state index in [0.717, 1.165) is 0 Å². The molecule has 0 saturated heterocycles. The second kappa shape index (κ2) is 3.39. The minimum atomic E-state index is -1.42. The van der Waals surface area contributed by atoms with E-state index >= 15 is 0 Å². The van der Waals surface area contributed by atoms with E-state index in [0.29, 0.717) is 0 Å². The fourth-order valence-electron chi connectivity index (χ4n) is 0.546. The van der Waals surface area contributed by atoms with Crippen LogP contribution in [0.25, 0.3) is 0 Å². The van der Waals surface area contributed by atoms with E-state index in [9.17, 15) is 5.11 Å². The normalized spacial score (nSPS) is 15.8. The zero-order chi connectivity index (χ0) is 8.20. The maximum atomic E-state index is 9.21. The second-order valence-corrected chi connectivity index (χ2v) is 2.21. The van der Waals surface area contributed by atoms with Crippen LogP contribution in [-0.4, -0.2) is 27.5 Å². The zero-order valence-corrected chi connectivity index (χ0v) is 5.75. The van der Waals surface area contributed by atoms with Gasteiger partial charge in [-0.3, -0.25) is 0 Å². The molecule has 0 amide bonds. The van der Waals surface area contributed by atoms with Crippen LogP contribution in [0.15, 0.2) is 25.0 Å². The first-order valence-corrected chi connectivity index (χ1v) is 2.87. The molecule has 3 N–H and O–H groups in total. The Morgan fingerprint density at radius 2 is 2.10 bits per heavy atom. The number of aliphatic hydroxyl groups excluding tert-OH is 2. The predicted molar refractivity (Wildman–Crippen MR) is 38.6 cm³/mol. The van der Waals surface area contributed by atoms with Gasteiger partial charge >= 0.3 is 0 Å². The molecule has 0 aromatic carbocycles. The molecule has 10 heavy (non-hydrogen) atoms. The largest absolute Gasteiger partial charge is 0.513 e. The van der Waals surface area contributed by atoms with Gasteiger partial charge in [-0.25, -0.2) is 0 Å². The Kier molecular flexibility index (Phi) is 3.12. The molecule has 0 bridgehead atoms. The van der Waals surface area contributed by atoms with E-state index in [1.165, 1.54) is 6.08 Å². The van der Waals surface area contributed by atoms with Crippen LogP contribution in [0, 0.1) is 0 Å². The first-order valence-electron chi connectivity index (χ1n) is 2.87. The number of aliphatic hydroxyl groups is 3. The lowest BCUT2D eigenvalue weighted by Gasteiger charge is -2.19. The van der Waals surface area contributed by atoms with E-state index in [4.69, 9.17) is 10.2 Å². The van der Waals surface area contributed by atoms with Gasteiger partial charge in [-0.1, -0.05) is 12.7 Å². The minimum Gasteiger partial charge on any atom is -0.513 e. The summed E-state index contributed by atoms with van der Waals surface area (Å²) in [6.07, 6.45) is 1.10. The van der Waals surface area contributed by atoms with Crippen molar-refractivity contribution in [1.82, 2.24) is 0 Å². The molecule has 0 spiro atoms. The maximum absolute atomic E-state index is 9.21. The fraction of sp³-hybridized carbons (Fsp3) is 0.429. The molecule has 0 rings (SSSR count). The van der Waals surface area contributed by atoms with Crippen molar-refractivity contribution in [2.75, 3.05) is 6.61 Å². The van der Waals surface area contributed by atoms with Gasteiger partial charge in [0.2, 0.25) is 0 Å². The highest BCUT2D eigenvalue weighted by molar-refractivity contribution is 5.02. The summed E-state index contributed by atoms with van der Waals surface area (Å²) in [6, 6.07) is 0. The van der Waals surface area contributed by atoms with Crippen LogP contribution >= 0.6 is 0 Å². The fourth-order valence-corrected chi connectivity index (χ4v) is 0.546. The maximum Gasteiger partial charge on any atom is 0.112 e. The quantitative estimate of drug-likeness (QED) is 0.394. The van der Waals surface area contributed by atoms with Gasteiger partial charge in [0.1, 0.15) is 5.60 Å². The van der Waals surface area contributed by atoms with Crippen molar-refractivity contribution in [3.8, 4) is 0 Å². The van der Waals surface area contributed by atoms with Crippen LogP contribution in [-0.2, 0) is 0 Å². The first kappa shape index (κ1) is 9.20. The average molecular weight is 144 g/mol. The highest BCUT2D eigenvalue weighted by Crippen LogP contribution is 2.13. The van der Waals surface area contributed by atoms with Crippen LogP contribution in [0.5, 0.6) is 0 Å². The number of hydrogen-bond acceptors (Lipinski definition) is 3. The van der Waals surface area contributed by atoms with Gasteiger partial charge in [0.05, 0.1) is 12.4 Å². The molecule has 0 fully saturated rings.